The topological polar surface area (TPSA) is 81.2 Å². The van der Waals surface area contributed by atoms with Crippen molar-refractivity contribution in [3.05, 3.63) is 30.3 Å². The molecule has 0 aliphatic rings. The number of amides is 1. The minimum atomic E-state index is -1.31. The van der Waals surface area contributed by atoms with Crippen LogP contribution in [0.15, 0.2) is 24.5 Å². The number of rotatable bonds is 3. The molecule has 3 N–H and O–H groups in total. The fourth-order valence-electron chi connectivity index (χ4n) is 1.75. The highest BCUT2D eigenvalue weighted by Crippen LogP contribution is 2.33. The second kappa shape index (κ2) is 4.97. The van der Waals surface area contributed by atoms with Gasteiger partial charge in [0.05, 0.1) is 11.9 Å². The Morgan fingerprint density at radius 3 is 2.68 bits per heavy atom. The number of aromatic nitrogens is 2. The van der Waals surface area contributed by atoms with E-state index in [2.05, 4.69) is 15.5 Å². The molecule has 0 spiro atoms. The lowest BCUT2D eigenvalue weighted by atomic mass is 10.1. The molecule has 2 aromatic rings. The molecule has 0 saturated carbocycles. The van der Waals surface area contributed by atoms with Gasteiger partial charge < -0.3 is 10.0 Å². The van der Waals surface area contributed by atoms with Crippen LogP contribution in [0.3, 0.4) is 0 Å². The Labute approximate surface area is 108 Å². The normalized spacial score (nSPS) is 10.3. The number of anilines is 2. The Kier molecular flexibility index (Phi) is 3.37. The summed E-state index contributed by atoms with van der Waals surface area (Å²) >= 11 is 0. The summed E-state index contributed by atoms with van der Waals surface area (Å²) in [4.78, 5) is 12.3. The van der Waals surface area contributed by atoms with Crippen molar-refractivity contribution in [2.45, 2.75) is 0 Å². The molecule has 0 radical (unpaired) electrons. The molecular weight excluding hydrogens is 251 g/mol. The van der Waals surface area contributed by atoms with E-state index in [4.69, 9.17) is 5.11 Å². The number of benzene rings is 1. The van der Waals surface area contributed by atoms with Crippen molar-refractivity contribution < 1.29 is 14.3 Å². The lowest BCUT2D eigenvalue weighted by molar-refractivity contribution is 0.209. The summed E-state index contributed by atoms with van der Waals surface area (Å²) in [7, 11) is 3.42. The molecule has 0 aliphatic heterocycles. The molecule has 6 nitrogen and oxygen atoms in total. The van der Waals surface area contributed by atoms with Gasteiger partial charge in [-0.05, 0) is 17.7 Å². The molecule has 0 unspecified atom stereocenters. The number of carboxylic acid groups (broad SMARTS) is 1. The van der Waals surface area contributed by atoms with Crippen LogP contribution < -0.4 is 10.2 Å². The zero-order valence-corrected chi connectivity index (χ0v) is 10.4. The van der Waals surface area contributed by atoms with E-state index in [0.717, 1.165) is 5.56 Å². The molecule has 19 heavy (non-hydrogen) atoms. The fraction of sp³-hybridized carbons (Fsp3) is 0.167. The van der Waals surface area contributed by atoms with E-state index in [1.165, 1.54) is 6.07 Å². The second-order valence-electron chi connectivity index (χ2n) is 4.16. The van der Waals surface area contributed by atoms with Crippen LogP contribution in [0.4, 0.5) is 20.6 Å². The van der Waals surface area contributed by atoms with Crippen LogP contribution in [0.1, 0.15) is 0 Å². The smallest absolute Gasteiger partial charge is 0.409 e. The van der Waals surface area contributed by atoms with Crippen molar-refractivity contribution in [1.29, 1.82) is 0 Å². The Bertz CT molecular complexity index is 596. The third-order valence-electron chi connectivity index (χ3n) is 2.61. The molecule has 0 bridgehead atoms. The average Bonchev–Trinajstić information content (AvgIpc) is 2.84. The van der Waals surface area contributed by atoms with E-state index in [1.807, 2.05) is 0 Å². The predicted octanol–water partition coefficient (Wildman–Crippen LogP) is 2.37. The van der Waals surface area contributed by atoms with Crippen molar-refractivity contribution >= 4 is 17.5 Å². The summed E-state index contributed by atoms with van der Waals surface area (Å²) in [5.74, 6) is -0.634. The van der Waals surface area contributed by atoms with Crippen LogP contribution in [0.25, 0.3) is 11.1 Å². The molecule has 1 aromatic carbocycles. The first kappa shape index (κ1) is 12.9. The summed E-state index contributed by atoms with van der Waals surface area (Å²) in [5, 5.41) is 17.3. The first-order chi connectivity index (χ1) is 8.99. The summed E-state index contributed by atoms with van der Waals surface area (Å²) in [6, 6.07) is 2.96. The van der Waals surface area contributed by atoms with Gasteiger partial charge in [0.1, 0.15) is 11.5 Å². The maximum atomic E-state index is 14.0. The van der Waals surface area contributed by atoms with Gasteiger partial charge in [-0.15, -0.1) is 0 Å². The van der Waals surface area contributed by atoms with Crippen molar-refractivity contribution in [3.63, 3.8) is 0 Å². The quantitative estimate of drug-likeness (QED) is 0.795. The largest absolute Gasteiger partial charge is 0.465 e. The minimum absolute atomic E-state index is 0.0651. The third kappa shape index (κ3) is 2.65. The zero-order valence-electron chi connectivity index (χ0n) is 10.4. The highest BCUT2D eigenvalue weighted by atomic mass is 19.1. The Balaban J connectivity index is 2.55. The molecule has 2 rings (SSSR count). The van der Waals surface area contributed by atoms with Gasteiger partial charge in [-0.3, -0.25) is 10.4 Å². The molecule has 0 aliphatic carbocycles. The van der Waals surface area contributed by atoms with Gasteiger partial charge in [0, 0.05) is 25.9 Å². The van der Waals surface area contributed by atoms with E-state index in [-0.39, 0.29) is 5.69 Å². The Morgan fingerprint density at radius 1 is 1.42 bits per heavy atom. The molecule has 1 amide bonds. The number of carbonyl (C=O) groups is 1. The molecule has 7 heteroatoms. The second-order valence-corrected chi connectivity index (χ2v) is 4.16. The molecule has 100 valence electrons. The molecule has 1 aromatic heterocycles. The lowest BCUT2D eigenvalue weighted by Crippen LogP contribution is -2.16. The van der Waals surface area contributed by atoms with Crippen LogP contribution in [-0.4, -0.2) is 35.5 Å². The van der Waals surface area contributed by atoms with E-state index >= 15 is 0 Å². The SMILES string of the molecule is CN(C)c1cc(-c2cn[nH]c2)cc(F)c1NC(=O)O. The number of nitrogens with one attached hydrogen (secondary N) is 2. The Morgan fingerprint density at radius 2 is 2.16 bits per heavy atom. The van der Waals surface area contributed by atoms with Gasteiger partial charge in [0.2, 0.25) is 0 Å². The average molecular weight is 264 g/mol. The summed E-state index contributed by atoms with van der Waals surface area (Å²) < 4.78 is 14.0. The molecule has 1 heterocycles. The van der Waals surface area contributed by atoms with E-state index < -0.39 is 11.9 Å². The fourth-order valence-corrected chi connectivity index (χ4v) is 1.75. The molecule has 0 fully saturated rings. The van der Waals surface area contributed by atoms with Crippen LogP contribution in [0.5, 0.6) is 0 Å². The van der Waals surface area contributed by atoms with E-state index in [9.17, 15) is 9.18 Å². The molecule has 0 saturated heterocycles. The van der Waals surface area contributed by atoms with Crippen molar-refractivity contribution in [2.75, 3.05) is 24.3 Å². The molecule has 0 atom stereocenters. The van der Waals surface area contributed by atoms with Crippen LogP contribution >= 0.6 is 0 Å². The number of nitrogens with zero attached hydrogens (tertiary/aromatic N) is 2. The van der Waals surface area contributed by atoms with Crippen LogP contribution in [0, 0.1) is 5.82 Å². The zero-order chi connectivity index (χ0) is 14.0. The highest BCUT2D eigenvalue weighted by Gasteiger charge is 2.15. The number of hydrogen-bond donors (Lipinski definition) is 3. The predicted molar refractivity (Wildman–Crippen MR) is 70.0 cm³/mol. The monoisotopic (exact) mass is 264 g/mol. The van der Waals surface area contributed by atoms with E-state index in [1.54, 1.807) is 37.5 Å². The first-order valence-electron chi connectivity index (χ1n) is 5.49. The third-order valence-corrected chi connectivity index (χ3v) is 2.61. The number of aromatic amines is 1. The minimum Gasteiger partial charge on any atom is -0.465 e. The number of H-pyrrole nitrogens is 1. The van der Waals surface area contributed by atoms with Gasteiger partial charge in [-0.1, -0.05) is 0 Å². The van der Waals surface area contributed by atoms with Gasteiger partial charge in [0.25, 0.3) is 0 Å². The highest BCUT2D eigenvalue weighted by molar-refractivity contribution is 5.90. The first-order valence-corrected chi connectivity index (χ1v) is 5.49. The van der Waals surface area contributed by atoms with Gasteiger partial charge >= 0.3 is 6.09 Å². The molecular formula is C12H13FN4O2. The maximum Gasteiger partial charge on any atom is 0.409 e. The summed E-state index contributed by atoms with van der Waals surface area (Å²) in [6.07, 6.45) is 1.90. The standard InChI is InChI=1S/C12H13FN4O2/c1-17(2)10-4-7(8-5-14-15-6-8)3-9(13)11(10)16-12(18)19/h3-6,16H,1-2H3,(H,14,15)(H,18,19). The van der Waals surface area contributed by atoms with Gasteiger partial charge in [-0.25, -0.2) is 9.18 Å². The van der Waals surface area contributed by atoms with E-state index in [0.29, 0.717) is 11.3 Å². The number of hydrogen-bond acceptors (Lipinski definition) is 3. The van der Waals surface area contributed by atoms with Crippen LogP contribution in [-0.2, 0) is 0 Å². The lowest BCUT2D eigenvalue weighted by Gasteiger charge is -2.19. The van der Waals surface area contributed by atoms with Gasteiger partial charge in [0.15, 0.2) is 0 Å². The summed E-state index contributed by atoms with van der Waals surface area (Å²) in [6.45, 7) is 0. The number of halogens is 1. The van der Waals surface area contributed by atoms with Gasteiger partial charge in [-0.2, -0.15) is 5.10 Å². The van der Waals surface area contributed by atoms with Crippen LogP contribution in [0.2, 0.25) is 0 Å². The van der Waals surface area contributed by atoms with Crippen molar-refractivity contribution in [3.8, 4) is 11.1 Å². The Hall–Kier alpha value is -2.57. The van der Waals surface area contributed by atoms with Crippen molar-refractivity contribution in [1.82, 2.24) is 10.2 Å². The van der Waals surface area contributed by atoms with Crippen molar-refractivity contribution in [2.24, 2.45) is 0 Å². The maximum absolute atomic E-state index is 14.0. The summed E-state index contributed by atoms with van der Waals surface area (Å²) in [5.41, 5.74) is 1.72.